The second-order valence-corrected chi connectivity index (χ2v) is 7.76. The van der Waals surface area contributed by atoms with Crippen molar-refractivity contribution in [2.75, 3.05) is 12.1 Å². The molecule has 2 aromatic carbocycles. The number of pyridine rings is 1. The molecule has 0 radical (unpaired) electrons. The minimum absolute atomic E-state index is 0.194. The van der Waals surface area contributed by atoms with E-state index in [1.807, 2.05) is 48.5 Å². The second-order valence-electron chi connectivity index (χ2n) is 6.87. The summed E-state index contributed by atoms with van der Waals surface area (Å²) < 4.78 is 11.9. The molecule has 30 heavy (non-hydrogen) atoms. The normalized spacial score (nSPS) is 12.1. The van der Waals surface area contributed by atoms with Crippen molar-refractivity contribution in [1.29, 1.82) is 0 Å². The van der Waals surface area contributed by atoms with Gasteiger partial charge >= 0.3 is 6.03 Å². The Hall–Kier alpha value is -3.65. The molecule has 5 rings (SSSR count). The highest BCUT2D eigenvalue weighted by atomic mass is 32.1. The van der Waals surface area contributed by atoms with Gasteiger partial charge < -0.3 is 19.7 Å². The number of ether oxygens (including phenoxy) is 2. The van der Waals surface area contributed by atoms with E-state index in [1.54, 1.807) is 34.1 Å². The summed E-state index contributed by atoms with van der Waals surface area (Å²) in [5.41, 5.74) is 5.36. The van der Waals surface area contributed by atoms with Crippen molar-refractivity contribution >= 4 is 33.3 Å². The van der Waals surface area contributed by atoms with Crippen LogP contribution in [-0.2, 0) is 13.1 Å². The van der Waals surface area contributed by atoms with Crippen molar-refractivity contribution in [2.45, 2.75) is 13.1 Å². The van der Waals surface area contributed by atoms with Gasteiger partial charge in [0.2, 0.25) is 6.79 Å². The van der Waals surface area contributed by atoms with E-state index in [0.29, 0.717) is 18.8 Å². The number of carbonyl (C=O) groups is 1. The van der Waals surface area contributed by atoms with E-state index in [2.05, 4.69) is 15.3 Å². The molecule has 1 aliphatic rings. The molecule has 1 aliphatic heterocycles. The molecule has 0 unspecified atom stereocenters. The Morgan fingerprint density at radius 2 is 1.97 bits per heavy atom. The van der Waals surface area contributed by atoms with Gasteiger partial charge in [0.1, 0.15) is 0 Å². The lowest BCUT2D eigenvalue weighted by Crippen LogP contribution is -2.34. The van der Waals surface area contributed by atoms with Gasteiger partial charge in [-0.05, 0) is 47.5 Å². The van der Waals surface area contributed by atoms with E-state index in [4.69, 9.17) is 9.47 Å². The first-order valence-electron chi connectivity index (χ1n) is 9.41. The molecule has 0 atom stereocenters. The van der Waals surface area contributed by atoms with Gasteiger partial charge in [-0.2, -0.15) is 0 Å². The zero-order valence-electron chi connectivity index (χ0n) is 15.9. The number of thiazole rings is 1. The van der Waals surface area contributed by atoms with Crippen LogP contribution >= 0.6 is 11.3 Å². The van der Waals surface area contributed by atoms with Crippen LogP contribution in [0.3, 0.4) is 0 Å². The van der Waals surface area contributed by atoms with Crippen LogP contribution in [0.2, 0.25) is 0 Å². The summed E-state index contributed by atoms with van der Waals surface area (Å²) in [4.78, 5) is 23.3. The molecular weight excluding hydrogens is 400 g/mol. The van der Waals surface area contributed by atoms with Gasteiger partial charge in [0.15, 0.2) is 11.5 Å². The highest BCUT2D eigenvalue weighted by molar-refractivity contribution is 7.16. The van der Waals surface area contributed by atoms with Gasteiger partial charge in [0, 0.05) is 31.2 Å². The quantitative estimate of drug-likeness (QED) is 0.510. The third kappa shape index (κ3) is 3.90. The van der Waals surface area contributed by atoms with E-state index >= 15 is 0 Å². The molecule has 0 spiro atoms. The zero-order chi connectivity index (χ0) is 20.3. The first-order valence-corrected chi connectivity index (χ1v) is 10.3. The van der Waals surface area contributed by atoms with Crippen LogP contribution in [0.15, 0.2) is 66.4 Å². The van der Waals surface area contributed by atoms with Crippen LogP contribution in [0.5, 0.6) is 11.5 Å². The fourth-order valence-corrected chi connectivity index (χ4v) is 4.02. The molecule has 2 aromatic heterocycles. The maximum absolute atomic E-state index is 13.2. The lowest BCUT2D eigenvalue weighted by atomic mass is 10.1. The number of urea groups is 1. The Balaban J connectivity index is 1.38. The van der Waals surface area contributed by atoms with Gasteiger partial charge in [0.05, 0.1) is 15.7 Å². The van der Waals surface area contributed by atoms with E-state index in [-0.39, 0.29) is 12.8 Å². The number of benzene rings is 2. The predicted octanol–water partition coefficient (Wildman–Crippen LogP) is 4.65. The van der Waals surface area contributed by atoms with Crippen molar-refractivity contribution in [3.8, 4) is 11.5 Å². The third-order valence-corrected chi connectivity index (χ3v) is 5.57. The molecule has 1 N–H and O–H groups in total. The minimum Gasteiger partial charge on any atom is -0.454 e. The smallest absolute Gasteiger partial charge is 0.322 e. The summed E-state index contributed by atoms with van der Waals surface area (Å²) in [5, 5.41) is 3.01. The van der Waals surface area contributed by atoms with Crippen molar-refractivity contribution in [3.05, 3.63) is 77.6 Å². The van der Waals surface area contributed by atoms with Crippen molar-refractivity contribution in [1.82, 2.24) is 14.9 Å². The first kappa shape index (κ1) is 18.4. The van der Waals surface area contributed by atoms with Gasteiger partial charge in [0.25, 0.3) is 0 Å². The highest BCUT2D eigenvalue weighted by Crippen LogP contribution is 2.33. The summed E-state index contributed by atoms with van der Waals surface area (Å²) in [6.07, 6.45) is 3.49. The molecule has 0 bridgehead atoms. The van der Waals surface area contributed by atoms with Crippen LogP contribution in [-0.4, -0.2) is 27.7 Å². The Bertz CT molecular complexity index is 1200. The molecule has 2 amide bonds. The maximum Gasteiger partial charge on any atom is 0.322 e. The van der Waals surface area contributed by atoms with Crippen LogP contribution < -0.4 is 14.8 Å². The first-order chi connectivity index (χ1) is 14.7. The average molecular weight is 418 g/mol. The van der Waals surface area contributed by atoms with Gasteiger partial charge in [-0.15, -0.1) is 11.3 Å². The molecule has 0 aliphatic carbocycles. The molecule has 3 heterocycles. The summed E-state index contributed by atoms with van der Waals surface area (Å²) >= 11 is 1.54. The van der Waals surface area contributed by atoms with Crippen LogP contribution in [0, 0.1) is 0 Å². The van der Waals surface area contributed by atoms with E-state index < -0.39 is 0 Å². The second kappa shape index (κ2) is 8.00. The maximum atomic E-state index is 13.2. The number of carbonyl (C=O) groups excluding carboxylic acids is 1. The number of hydrogen-bond acceptors (Lipinski definition) is 6. The number of hydrogen-bond donors (Lipinski definition) is 1. The Kier molecular flexibility index (Phi) is 4.90. The van der Waals surface area contributed by atoms with Crippen LogP contribution in [0.25, 0.3) is 10.2 Å². The van der Waals surface area contributed by atoms with Gasteiger partial charge in [-0.1, -0.05) is 12.1 Å². The van der Waals surface area contributed by atoms with Gasteiger partial charge in [-0.3, -0.25) is 4.98 Å². The van der Waals surface area contributed by atoms with Gasteiger partial charge in [-0.25, -0.2) is 9.78 Å². The van der Waals surface area contributed by atoms with Crippen molar-refractivity contribution in [2.24, 2.45) is 0 Å². The fraction of sp³-hybridized carbons (Fsp3) is 0.136. The Labute approximate surface area is 176 Å². The van der Waals surface area contributed by atoms with Crippen LogP contribution in [0.1, 0.15) is 11.1 Å². The zero-order valence-corrected chi connectivity index (χ0v) is 16.8. The number of nitrogens with one attached hydrogen (secondary N) is 1. The van der Waals surface area contributed by atoms with E-state index in [0.717, 1.165) is 32.8 Å². The number of amides is 2. The molecule has 0 fully saturated rings. The standard InChI is InChI=1S/C22H18N4O3S/c27-22(25-17-4-5-18-21(9-17)30-13-24-18)26(12-16-2-1-7-23-10-16)11-15-3-6-19-20(8-15)29-14-28-19/h1-10,13H,11-12,14H2,(H,25,27). The summed E-state index contributed by atoms with van der Waals surface area (Å²) in [6.45, 7) is 1.07. The minimum atomic E-state index is -0.194. The number of anilines is 1. The molecule has 7 nitrogen and oxygen atoms in total. The number of nitrogens with zero attached hydrogens (tertiary/aromatic N) is 3. The molecule has 150 valence electrons. The average Bonchev–Trinajstić information content (AvgIpc) is 3.42. The summed E-state index contributed by atoms with van der Waals surface area (Å²) in [7, 11) is 0. The van der Waals surface area contributed by atoms with Crippen LogP contribution in [0.4, 0.5) is 10.5 Å². The molecule has 0 saturated heterocycles. The highest BCUT2D eigenvalue weighted by Gasteiger charge is 2.18. The SMILES string of the molecule is O=C(Nc1ccc2ncsc2c1)N(Cc1cccnc1)Cc1ccc2c(c1)OCO2. The Morgan fingerprint density at radius 3 is 2.87 bits per heavy atom. The number of rotatable bonds is 5. The number of fused-ring (bicyclic) bond motifs is 2. The van der Waals surface area contributed by atoms with E-state index in [9.17, 15) is 4.79 Å². The van der Waals surface area contributed by atoms with Crippen molar-refractivity contribution in [3.63, 3.8) is 0 Å². The molecular formula is C22H18N4O3S. The largest absolute Gasteiger partial charge is 0.454 e. The lowest BCUT2D eigenvalue weighted by molar-refractivity contribution is 0.174. The topological polar surface area (TPSA) is 76.6 Å². The predicted molar refractivity (Wildman–Crippen MR) is 115 cm³/mol. The third-order valence-electron chi connectivity index (χ3n) is 4.78. The molecule has 4 aromatic rings. The Morgan fingerprint density at radius 1 is 1.07 bits per heavy atom. The van der Waals surface area contributed by atoms with Crippen molar-refractivity contribution < 1.29 is 14.3 Å². The molecule has 0 saturated carbocycles. The molecule has 8 heteroatoms. The monoisotopic (exact) mass is 418 g/mol. The number of aromatic nitrogens is 2. The lowest BCUT2D eigenvalue weighted by Gasteiger charge is -2.23. The summed E-state index contributed by atoms with van der Waals surface area (Å²) in [5.74, 6) is 1.42. The summed E-state index contributed by atoms with van der Waals surface area (Å²) in [6, 6.07) is 15.1. The fourth-order valence-electron chi connectivity index (χ4n) is 3.31. The van der Waals surface area contributed by atoms with E-state index in [1.165, 1.54) is 0 Å².